The highest BCUT2D eigenvalue weighted by Gasteiger charge is 2.46. The van der Waals surface area contributed by atoms with Crippen molar-refractivity contribution in [3.63, 3.8) is 0 Å². The van der Waals surface area contributed by atoms with Crippen LogP contribution < -0.4 is 0 Å². The fraction of sp³-hybridized carbons (Fsp3) is 0.571. The standard InChI is InChI=1S/C14H18O3/c1-10-7-16-14-12(9-17-13(10)14)15-8-11-5-3-2-4-6-11/h2-6,10,12-14H,7-9H2,1H3/t10-,12+,13?,14?/m1/s1. The van der Waals surface area contributed by atoms with Gasteiger partial charge in [0.1, 0.15) is 12.2 Å². The first kappa shape index (κ1) is 11.2. The van der Waals surface area contributed by atoms with Gasteiger partial charge in [0, 0.05) is 5.92 Å². The van der Waals surface area contributed by atoms with Gasteiger partial charge in [0.25, 0.3) is 0 Å². The van der Waals surface area contributed by atoms with Gasteiger partial charge in [-0.25, -0.2) is 0 Å². The van der Waals surface area contributed by atoms with Gasteiger partial charge in [-0.1, -0.05) is 37.3 Å². The normalized spacial score (nSPS) is 36.1. The molecule has 1 aromatic rings. The van der Waals surface area contributed by atoms with Gasteiger partial charge in [-0.15, -0.1) is 0 Å². The van der Waals surface area contributed by atoms with Gasteiger partial charge in [-0.2, -0.15) is 0 Å². The summed E-state index contributed by atoms with van der Waals surface area (Å²) in [7, 11) is 0. The Morgan fingerprint density at radius 2 is 1.88 bits per heavy atom. The van der Waals surface area contributed by atoms with Crippen LogP contribution in [0.5, 0.6) is 0 Å². The zero-order chi connectivity index (χ0) is 11.7. The molecule has 92 valence electrons. The van der Waals surface area contributed by atoms with Gasteiger partial charge < -0.3 is 14.2 Å². The fourth-order valence-corrected chi connectivity index (χ4v) is 2.58. The summed E-state index contributed by atoms with van der Waals surface area (Å²) in [5.41, 5.74) is 1.20. The summed E-state index contributed by atoms with van der Waals surface area (Å²) in [5, 5.41) is 0. The second-order valence-electron chi connectivity index (χ2n) is 4.91. The average molecular weight is 234 g/mol. The molecular formula is C14H18O3. The molecule has 0 aromatic heterocycles. The van der Waals surface area contributed by atoms with Crippen LogP contribution in [-0.2, 0) is 20.8 Å². The lowest BCUT2D eigenvalue weighted by molar-refractivity contribution is -0.0397. The second kappa shape index (κ2) is 4.77. The highest BCUT2D eigenvalue weighted by atomic mass is 16.6. The van der Waals surface area contributed by atoms with E-state index in [4.69, 9.17) is 14.2 Å². The van der Waals surface area contributed by atoms with Gasteiger partial charge >= 0.3 is 0 Å². The smallest absolute Gasteiger partial charge is 0.112 e. The SMILES string of the molecule is C[C@@H]1COC2C1OC[C@@H]2OCc1ccccc1. The Balaban J connectivity index is 1.57. The summed E-state index contributed by atoms with van der Waals surface area (Å²) in [4.78, 5) is 0. The molecule has 3 heteroatoms. The molecular weight excluding hydrogens is 216 g/mol. The van der Waals surface area contributed by atoms with Crippen LogP contribution in [-0.4, -0.2) is 31.5 Å². The van der Waals surface area contributed by atoms with E-state index in [0.29, 0.717) is 19.1 Å². The van der Waals surface area contributed by atoms with Crippen molar-refractivity contribution in [3.8, 4) is 0 Å². The molecule has 0 spiro atoms. The number of rotatable bonds is 3. The molecule has 2 aliphatic heterocycles. The molecule has 2 aliphatic rings. The number of hydrogen-bond donors (Lipinski definition) is 0. The van der Waals surface area contributed by atoms with Crippen molar-refractivity contribution in [2.24, 2.45) is 5.92 Å². The molecule has 3 rings (SSSR count). The Morgan fingerprint density at radius 3 is 2.71 bits per heavy atom. The number of benzene rings is 1. The average Bonchev–Trinajstić information content (AvgIpc) is 2.92. The number of hydrogen-bond acceptors (Lipinski definition) is 3. The zero-order valence-electron chi connectivity index (χ0n) is 10.0. The molecule has 0 N–H and O–H groups in total. The minimum atomic E-state index is 0.0881. The van der Waals surface area contributed by atoms with E-state index in [1.165, 1.54) is 5.56 Å². The lowest BCUT2D eigenvalue weighted by Gasteiger charge is -2.16. The lowest BCUT2D eigenvalue weighted by atomic mass is 10.0. The van der Waals surface area contributed by atoms with Crippen molar-refractivity contribution in [1.82, 2.24) is 0 Å². The summed E-state index contributed by atoms with van der Waals surface area (Å²) in [6.45, 7) is 4.26. The summed E-state index contributed by atoms with van der Waals surface area (Å²) < 4.78 is 17.4. The minimum Gasteiger partial charge on any atom is -0.372 e. The highest BCUT2D eigenvalue weighted by molar-refractivity contribution is 5.13. The summed E-state index contributed by atoms with van der Waals surface area (Å²) >= 11 is 0. The topological polar surface area (TPSA) is 27.7 Å². The van der Waals surface area contributed by atoms with E-state index in [0.717, 1.165) is 6.61 Å². The molecule has 0 saturated carbocycles. The Hall–Kier alpha value is -0.900. The molecule has 0 bridgehead atoms. The van der Waals surface area contributed by atoms with Crippen LogP contribution in [0.3, 0.4) is 0 Å². The van der Waals surface area contributed by atoms with Crippen molar-refractivity contribution >= 4 is 0 Å². The molecule has 4 atom stereocenters. The van der Waals surface area contributed by atoms with Crippen molar-refractivity contribution in [2.45, 2.75) is 31.8 Å². The van der Waals surface area contributed by atoms with Crippen molar-refractivity contribution in [2.75, 3.05) is 13.2 Å². The maximum atomic E-state index is 5.90. The Labute approximate surface area is 102 Å². The van der Waals surface area contributed by atoms with Crippen molar-refractivity contribution in [3.05, 3.63) is 35.9 Å². The predicted molar refractivity (Wildman–Crippen MR) is 63.7 cm³/mol. The van der Waals surface area contributed by atoms with E-state index in [-0.39, 0.29) is 18.3 Å². The van der Waals surface area contributed by atoms with Crippen LogP contribution >= 0.6 is 0 Å². The Bertz CT molecular complexity index is 365. The lowest BCUT2D eigenvalue weighted by Crippen LogP contribution is -2.30. The van der Waals surface area contributed by atoms with Gasteiger partial charge in [0.2, 0.25) is 0 Å². The highest BCUT2D eigenvalue weighted by Crippen LogP contribution is 2.32. The van der Waals surface area contributed by atoms with Gasteiger partial charge in [0.05, 0.1) is 25.9 Å². The first-order valence-corrected chi connectivity index (χ1v) is 6.23. The van der Waals surface area contributed by atoms with Crippen LogP contribution in [0, 0.1) is 5.92 Å². The number of fused-ring (bicyclic) bond motifs is 1. The van der Waals surface area contributed by atoms with Gasteiger partial charge in [-0.3, -0.25) is 0 Å². The first-order valence-electron chi connectivity index (χ1n) is 6.23. The van der Waals surface area contributed by atoms with Gasteiger partial charge in [0.15, 0.2) is 0 Å². The molecule has 2 fully saturated rings. The minimum absolute atomic E-state index is 0.0881. The monoisotopic (exact) mass is 234 g/mol. The molecule has 3 nitrogen and oxygen atoms in total. The molecule has 2 heterocycles. The van der Waals surface area contributed by atoms with E-state index in [1.54, 1.807) is 0 Å². The Kier molecular flexibility index (Phi) is 3.14. The summed E-state index contributed by atoms with van der Waals surface area (Å²) in [5.74, 6) is 0.491. The van der Waals surface area contributed by atoms with Crippen molar-refractivity contribution in [1.29, 1.82) is 0 Å². The van der Waals surface area contributed by atoms with E-state index in [9.17, 15) is 0 Å². The van der Waals surface area contributed by atoms with E-state index in [1.807, 2.05) is 18.2 Å². The molecule has 0 radical (unpaired) electrons. The molecule has 17 heavy (non-hydrogen) atoms. The van der Waals surface area contributed by atoms with Crippen molar-refractivity contribution < 1.29 is 14.2 Å². The Morgan fingerprint density at radius 1 is 1.12 bits per heavy atom. The summed E-state index contributed by atoms with van der Waals surface area (Å²) in [6, 6.07) is 10.2. The largest absolute Gasteiger partial charge is 0.372 e. The molecule has 0 aliphatic carbocycles. The van der Waals surface area contributed by atoms with Gasteiger partial charge in [-0.05, 0) is 5.56 Å². The predicted octanol–water partition coefficient (Wildman–Crippen LogP) is 2.01. The van der Waals surface area contributed by atoms with Crippen LogP contribution in [0.1, 0.15) is 12.5 Å². The molecule has 2 saturated heterocycles. The van der Waals surface area contributed by atoms with E-state index >= 15 is 0 Å². The van der Waals surface area contributed by atoms with E-state index in [2.05, 4.69) is 19.1 Å². The number of ether oxygens (including phenoxy) is 3. The quantitative estimate of drug-likeness (QED) is 0.800. The van der Waals surface area contributed by atoms with E-state index < -0.39 is 0 Å². The third kappa shape index (κ3) is 2.23. The third-order valence-electron chi connectivity index (χ3n) is 3.56. The van der Waals surface area contributed by atoms with Crippen LogP contribution in [0.25, 0.3) is 0 Å². The first-order chi connectivity index (χ1) is 8.34. The molecule has 2 unspecified atom stereocenters. The molecule has 0 amide bonds. The second-order valence-corrected chi connectivity index (χ2v) is 4.91. The van der Waals surface area contributed by atoms with Crippen LogP contribution in [0.15, 0.2) is 30.3 Å². The third-order valence-corrected chi connectivity index (χ3v) is 3.56. The molecule has 1 aromatic carbocycles. The summed E-state index contributed by atoms with van der Waals surface area (Å²) in [6.07, 6.45) is 0.453. The fourth-order valence-electron chi connectivity index (χ4n) is 2.58. The van der Waals surface area contributed by atoms with Crippen LogP contribution in [0.2, 0.25) is 0 Å². The zero-order valence-corrected chi connectivity index (χ0v) is 10.0. The van der Waals surface area contributed by atoms with Crippen LogP contribution in [0.4, 0.5) is 0 Å². The maximum absolute atomic E-state index is 5.90. The maximum Gasteiger partial charge on any atom is 0.112 e.